The molecule has 2 unspecified atom stereocenters. The zero-order valence-electron chi connectivity index (χ0n) is 16.1. The van der Waals surface area contributed by atoms with E-state index >= 15 is 0 Å². The van der Waals surface area contributed by atoms with Gasteiger partial charge >= 0.3 is 10.4 Å². The number of hydrogen-bond donors (Lipinski definition) is 2. The Morgan fingerprint density at radius 2 is 1.44 bits per heavy atom. The second-order valence-corrected chi connectivity index (χ2v) is 7.99. The Labute approximate surface area is 154 Å². The van der Waals surface area contributed by atoms with Gasteiger partial charge in [0, 0.05) is 12.5 Å². The first kappa shape index (κ1) is 24.3. The van der Waals surface area contributed by atoms with Crippen LogP contribution in [0, 0.1) is 5.92 Å². The van der Waals surface area contributed by atoms with E-state index in [1.54, 1.807) is 6.92 Å². The molecule has 6 nitrogen and oxygen atoms in total. The average Bonchev–Trinajstić information content (AvgIpc) is 2.50. The molecule has 7 heteroatoms. The highest BCUT2D eigenvalue weighted by Gasteiger charge is 2.19. The number of nitrogens with one attached hydrogen (secondary N) is 1. The largest absolute Gasteiger partial charge is 0.397 e. The van der Waals surface area contributed by atoms with Gasteiger partial charge in [-0.2, -0.15) is 8.42 Å². The molecule has 0 spiro atoms. The van der Waals surface area contributed by atoms with E-state index in [2.05, 4.69) is 16.4 Å². The summed E-state index contributed by atoms with van der Waals surface area (Å²) in [6.45, 7) is 6.11. The monoisotopic (exact) mass is 379 g/mol. The van der Waals surface area contributed by atoms with E-state index in [1.165, 1.54) is 58.3 Å². The average molecular weight is 380 g/mol. The van der Waals surface area contributed by atoms with E-state index in [1.807, 2.05) is 0 Å². The van der Waals surface area contributed by atoms with Crippen LogP contribution in [-0.4, -0.2) is 31.5 Å². The molecule has 0 aromatic rings. The van der Waals surface area contributed by atoms with Gasteiger partial charge in [-0.15, -0.1) is 0 Å². The van der Waals surface area contributed by atoms with Gasteiger partial charge in [0.1, 0.15) is 0 Å². The Morgan fingerprint density at radius 3 is 1.92 bits per heavy atom. The van der Waals surface area contributed by atoms with Crippen LogP contribution in [0.5, 0.6) is 0 Å². The van der Waals surface area contributed by atoms with Crippen molar-refractivity contribution >= 4 is 16.3 Å². The highest BCUT2D eigenvalue weighted by atomic mass is 32.3. The lowest BCUT2D eigenvalue weighted by Gasteiger charge is -2.16. The Kier molecular flexibility index (Phi) is 14.1. The van der Waals surface area contributed by atoms with E-state index in [4.69, 9.17) is 4.55 Å². The quantitative estimate of drug-likeness (QED) is 0.309. The number of carbonyl (C=O) groups is 1. The first-order chi connectivity index (χ1) is 11.8. The van der Waals surface area contributed by atoms with Crippen LogP contribution in [0.4, 0.5) is 0 Å². The van der Waals surface area contributed by atoms with Crippen LogP contribution in [0.2, 0.25) is 0 Å². The van der Waals surface area contributed by atoms with Crippen molar-refractivity contribution in [3.8, 4) is 0 Å². The third kappa shape index (κ3) is 16.6. The Bertz CT molecular complexity index is 439. The van der Waals surface area contributed by atoms with Crippen molar-refractivity contribution in [1.82, 2.24) is 5.32 Å². The molecule has 0 aromatic heterocycles. The minimum Gasteiger partial charge on any atom is -0.356 e. The van der Waals surface area contributed by atoms with E-state index in [0.29, 0.717) is 6.54 Å². The molecule has 0 saturated heterocycles. The molecule has 1 amide bonds. The molecule has 0 rings (SSSR count). The van der Waals surface area contributed by atoms with Crippen molar-refractivity contribution in [2.45, 2.75) is 97.5 Å². The summed E-state index contributed by atoms with van der Waals surface area (Å²) in [5, 5.41) is 2.87. The second kappa shape index (κ2) is 14.5. The maximum absolute atomic E-state index is 11.9. The van der Waals surface area contributed by atoms with Crippen molar-refractivity contribution in [1.29, 1.82) is 0 Å². The van der Waals surface area contributed by atoms with Crippen LogP contribution in [0.3, 0.4) is 0 Å². The standard InChI is InChI=1S/C18H37NO5S/c1-4-5-6-7-8-9-10-11-12-13-14-19-18(20)16(2)15-17(3)24-25(21,22)23/h16-17H,4-15H2,1-3H3,(H,19,20)(H,21,22,23). The predicted octanol–water partition coefficient (Wildman–Crippen LogP) is 4.26. The van der Waals surface area contributed by atoms with Gasteiger partial charge in [0.25, 0.3) is 0 Å². The van der Waals surface area contributed by atoms with E-state index in [9.17, 15) is 13.2 Å². The predicted molar refractivity (Wildman–Crippen MR) is 101 cm³/mol. The van der Waals surface area contributed by atoms with Gasteiger partial charge in [-0.25, -0.2) is 4.18 Å². The topological polar surface area (TPSA) is 92.7 Å². The zero-order valence-corrected chi connectivity index (χ0v) is 16.9. The second-order valence-electron chi connectivity index (χ2n) is 6.94. The van der Waals surface area contributed by atoms with Crippen LogP contribution in [0.15, 0.2) is 0 Å². The van der Waals surface area contributed by atoms with Crippen LogP contribution in [0.25, 0.3) is 0 Å². The highest BCUT2D eigenvalue weighted by Crippen LogP contribution is 2.12. The SMILES string of the molecule is CCCCCCCCCCCCNC(=O)C(C)CC(C)OS(=O)(=O)O. The van der Waals surface area contributed by atoms with Crippen molar-refractivity contribution in [3.63, 3.8) is 0 Å². The summed E-state index contributed by atoms with van der Waals surface area (Å²) < 4.78 is 34.2. The fourth-order valence-electron chi connectivity index (χ4n) is 2.85. The summed E-state index contributed by atoms with van der Waals surface area (Å²) in [4.78, 5) is 11.9. The lowest BCUT2D eigenvalue weighted by atomic mass is 10.0. The van der Waals surface area contributed by atoms with E-state index in [0.717, 1.165) is 12.8 Å². The minimum atomic E-state index is -4.47. The molecule has 0 saturated carbocycles. The number of rotatable bonds is 16. The summed E-state index contributed by atoms with van der Waals surface area (Å²) in [5.41, 5.74) is 0. The molecule has 0 heterocycles. The summed E-state index contributed by atoms with van der Waals surface area (Å²) >= 11 is 0. The van der Waals surface area contributed by atoms with Crippen molar-refractivity contribution in [3.05, 3.63) is 0 Å². The smallest absolute Gasteiger partial charge is 0.356 e. The number of unbranched alkanes of at least 4 members (excludes halogenated alkanes) is 9. The Morgan fingerprint density at radius 1 is 0.960 bits per heavy atom. The molecular weight excluding hydrogens is 342 g/mol. The van der Waals surface area contributed by atoms with Gasteiger partial charge in [0.15, 0.2) is 0 Å². The first-order valence-electron chi connectivity index (χ1n) is 9.69. The van der Waals surface area contributed by atoms with Crippen LogP contribution in [0.1, 0.15) is 91.4 Å². The van der Waals surface area contributed by atoms with Crippen molar-refractivity contribution < 1.29 is 21.9 Å². The summed E-state index contributed by atoms with van der Waals surface area (Å²) in [6.07, 6.45) is 12.0. The van der Waals surface area contributed by atoms with Crippen LogP contribution < -0.4 is 5.32 Å². The van der Waals surface area contributed by atoms with Gasteiger partial charge in [0.2, 0.25) is 5.91 Å². The van der Waals surface area contributed by atoms with Gasteiger partial charge in [-0.3, -0.25) is 9.35 Å². The molecule has 0 bridgehead atoms. The van der Waals surface area contributed by atoms with Crippen LogP contribution >= 0.6 is 0 Å². The van der Waals surface area contributed by atoms with Gasteiger partial charge < -0.3 is 5.32 Å². The third-order valence-electron chi connectivity index (χ3n) is 4.25. The molecule has 0 radical (unpaired) electrons. The molecule has 2 N–H and O–H groups in total. The third-order valence-corrected chi connectivity index (χ3v) is 4.82. The molecule has 150 valence electrons. The molecule has 0 aliphatic heterocycles. The fraction of sp³-hybridized carbons (Fsp3) is 0.944. The molecule has 0 fully saturated rings. The molecule has 25 heavy (non-hydrogen) atoms. The van der Waals surface area contributed by atoms with Gasteiger partial charge in [-0.05, 0) is 19.8 Å². The number of amides is 1. The maximum atomic E-state index is 11.9. The summed E-state index contributed by atoms with van der Waals surface area (Å²) in [5.74, 6) is -0.471. The summed E-state index contributed by atoms with van der Waals surface area (Å²) in [7, 11) is -4.47. The first-order valence-corrected chi connectivity index (χ1v) is 11.1. The maximum Gasteiger partial charge on any atom is 0.397 e. The lowest BCUT2D eigenvalue weighted by molar-refractivity contribution is -0.125. The zero-order chi connectivity index (χ0) is 19.1. The van der Waals surface area contributed by atoms with E-state index in [-0.39, 0.29) is 18.2 Å². The highest BCUT2D eigenvalue weighted by molar-refractivity contribution is 7.80. The van der Waals surface area contributed by atoms with Crippen molar-refractivity contribution in [2.24, 2.45) is 5.92 Å². The van der Waals surface area contributed by atoms with Gasteiger partial charge in [0.05, 0.1) is 6.10 Å². The molecular formula is C18H37NO5S. The Balaban J connectivity index is 3.57. The number of carbonyl (C=O) groups excluding carboxylic acids is 1. The molecule has 0 aromatic carbocycles. The molecule has 2 atom stereocenters. The lowest BCUT2D eigenvalue weighted by Crippen LogP contribution is -2.32. The molecule has 0 aliphatic carbocycles. The summed E-state index contributed by atoms with van der Waals surface area (Å²) in [6, 6.07) is 0. The van der Waals surface area contributed by atoms with Gasteiger partial charge in [-0.1, -0.05) is 71.6 Å². The normalized spacial score (nSPS) is 14.2. The number of hydrogen-bond acceptors (Lipinski definition) is 4. The molecule has 0 aliphatic rings. The minimum absolute atomic E-state index is 0.110. The fourth-order valence-corrected chi connectivity index (χ4v) is 3.34. The Hall–Kier alpha value is -0.660. The van der Waals surface area contributed by atoms with E-state index < -0.39 is 16.5 Å². The van der Waals surface area contributed by atoms with Crippen molar-refractivity contribution in [2.75, 3.05) is 6.54 Å². The van der Waals surface area contributed by atoms with Crippen LogP contribution in [-0.2, 0) is 19.4 Å².